The van der Waals surface area contributed by atoms with Gasteiger partial charge in [-0.1, -0.05) is 30.3 Å². The Morgan fingerprint density at radius 1 is 1.16 bits per heavy atom. The molecule has 10 heteroatoms. The SMILES string of the molecule is Cn1c(=O)[nH]c(=O)c2c1nc(N/N=C\c1ccccc1O)n2CCOc1ccccc1. The number of nitrogens with one attached hydrogen (secondary N) is 2. The number of rotatable bonds is 7. The average molecular weight is 420 g/mol. The summed E-state index contributed by atoms with van der Waals surface area (Å²) in [6.07, 6.45) is 1.43. The fourth-order valence-electron chi connectivity index (χ4n) is 3.07. The number of aromatic nitrogens is 4. The molecule has 4 aromatic rings. The van der Waals surface area contributed by atoms with E-state index < -0.39 is 11.2 Å². The number of fused-ring (bicyclic) bond motifs is 1. The molecule has 0 fully saturated rings. The normalized spacial score (nSPS) is 11.3. The molecule has 4 rings (SSSR count). The number of hydrogen-bond acceptors (Lipinski definition) is 7. The molecule has 2 aromatic carbocycles. The summed E-state index contributed by atoms with van der Waals surface area (Å²) in [4.78, 5) is 31.1. The first kappa shape index (κ1) is 20.0. The van der Waals surface area contributed by atoms with Gasteiger partial charge in [0.25, 0.3) is 5.56 Å². The molecule has 2 heterocycles. The van der Waals surface area contributed by atoms with Gasteiger partial charge in [-0.05, 0) is 24.3 Å². The molecular formula is C21H20N6O4. The molecule has 0 amide bonds. The van der Waals surface area contributed by atoms with Crippen LogP contribution in [0.5, 0.6) is 11.5 Å². The number of hydrazone groups is 1. The molecule has 0 spiro atoms. The zero-order chi connectivity index (χ0) is 21.8. The van der Waals surface area contributed by atoms with Crippen LogP contribution in [0.4, 0.5) is 5.95 Å². The van der Waals surface area contributed by atoms with Gasteiger partial charge in [0.15, 0.2) is 11.2 Å². The second kappa shape index (κ2) is 8.57. The number of phenols is 1. The third-order valence-electron chi connectivity index (χ3n) is 4.64. The van der Waals surface area contributed by atoms with Gasteiger partial charge in [-0.2, -0.15) is 10.1 Å². The molecule has 0 saturated heterocycles. The van der Waals surface area contributed by atoms with Gasteiger partial charge in [0, 0.05) is 12.6 Å². The van der Waals surface area contributed by atoms with E-state index in [1.165, 1.54) is 17.8 Å². The van der Waals surface area contributed by atoms with Gasteiger partial charge in [-0.25, -0.2) is 10.2 Å². The van der Waals surface area contributed by atoms with Crippen LogP contribution in [-0.2, 0) is 13.6 Å². The van der Waals surface area contributed by atoms with Crippen LogP contribution in [0.15, 0.2) is 69.3 Å². The fourth-order valence-corrected chi connectivity index (χ4v) is 3.07. The van der Waals surface area contributed by atoms with Gasteiger partial charge in [-0.3, -0.25) is 18.9 Å². The van der Waals surface area contributed by atoms with Crippen LogP contribution in [0.3, 0.4) is 0 Å². The van der Waals surface area contributed by atoms with Gasteiger partial charge >= 0.3 is 5.69 Å². The Bertz CT molecular complexity index is 1350. The van der Waals surface area contributed by atoms with E-state index in [2.05, 4.69) is 20.5 Å². The predicted molar refractivity (Wildman–Crippen MR) is 117 cm³/mol. The maximum absolute atomic E-state index is 12.5. The molecule has 31 heavy (non-hydrogen) atoms. The Hall–Kier alpha value is -4.34. The smallest absolute Gasteiger partial charge is 0.329 e. The standard InChI is InChI=1S/C21H20N6O4/c1-26-18-17(19(29)24-21(26)30)27(11-12-31-15-8-3-2-4-9-15)20(23-18)25-22-13-14-7-5-6-10-16(14)28/h2-10,13,28H,11-12H2,1H3,(H,23,25)(H,24,29,30)/b22-13-. The summed E-state index contributed by atoms with van der Waals surface area (Å²) < 4.78 is 8.59. The van der Waals surface area contributed by atoms with Gasteiger partial charge in [0.1, 0.15) is 18.1 Å². The second-order valence-electron chi connectivity index (χ2n) is 6.67. The summed E-state index contributed by atoms with van der Waals surface area (Å²) >= 11 is 0. The lowest BCUT2D eigenvalue weighted by atomic mass is 10.2. The van der Waals surface area contributed by atoms with Crippen molar-refractivity contribution in [3.63, 3.8) is 0 Å². The van der Waals surface area contributed by atoms with E-state index >= 15 is 0 Å². The Labute approximate surface area is 176 Å². The largest absolute Gasteiger partial charge is 0.507 e. The summed E-state index contributed by atoms with van der Waals surface area (Å²) in [7, 11) is 1.52. The Morgan fingerprint density at radius 2 is 1.90 bits per heavy atom. The van der Waals surface area contributed by atoms with Crippen molar-refractivity contribution < 1.29 is 9.84 Å². The third kappa shape index (κ3) is 4.17. The third-order valence-corrected chi connectivity index (χ3v) is 4.64. The van der Waals surface area contributed by atoms with Crippen molar-refractivity contribution >= 4 is 23.3 Å². The van der Waals surface area contributed by atoms with Crippen molar-refractivity contribution in [2.75, 3.05) is 12.0 Å². The lowest BCUT2D eigenvalue weighted by Gasteiger charge is -2.10. The summed E-state index contributed by atoms with van der Waals surface area (Å²) in [5.41, 5.74) is 2.62. The Morgan fingerprint density at radius 3 is 2.68 bits per heavy atom. The fraction of sp³-hybridized carbons (Fsp3) is 0.143. The quantitative estimate of drug-likeness (QED) is 0.308. The lowest BCUT2D eigenvalue weighted by molar-refractivity contribution is 0.301. The first-order valence-electron chi connectivity index (χ1n) is 9.49. The van der Waals surface area contributed by atoms with Crippen LogP contribution in [-0.4, -0.2) is 37.0 Å². The zero-order valence-corrected chi connectivity index (χ0v) is 16.6. The number of aromatic hydroxyl groups is 1. The van der Waals surface area contributed by atoms with Crippen molar-refractivity contribution in [1.29, 1.82) is 0 Å². The number of anilines is 1. The van der Waals surface area contributed by atoms with Gasteiger partial charge in [0.2, 0.25) is 5.95 Å². The number of hydrogen-bond donors (Lipinski definition) is 3. The number of phenolic OH excluding ortho intramolecular Hbond substituents is 1. The molecule has 0 aliphatic rings. The molecule has 0 radical (unpaired) electrons. The van der Waals surface area contributed by atoms with E-state index in [9.17, 15) is 14.7 Å². The van der Waals surface area contributed by atoms with E-state index in [0.717, 1.165) is 0 Å². The van der Waals surface area contributed by atoms with Crippen molar-refractivity contribution in [3.8, 4) is 11.5 Å². The highest BCUT2D eigenvalue weighted by molar-refractivity contribution is 5.83. The van der Waals surface area contributed by atoms with Crippen LogP contribution in [0.1, 0.15) is 5.56 Å². The van der Waals surface area contributed by atoms with Crippen LogP contribution in [0.2, 0.25) is 0 Å². The predicted octanol–water partition coefficient (Wildman–Crippen LogP) is 1.65. The number of H-pyrrole nitrogens is 1. The monoisotopic (exact) mass is 420 g/mol. The minimum Gasteiger partial charge on any atom is -0.507 e. The second-order valence-corrected chi connectivity index (χ2v) is 6.67. The highest BCUT2D eigenvalue weighted by Gasteiger charge is 2.17. The topological polar surface area (TPSA) is 127 Å². The number of aromatic amines is 1. The van der Waals surface area contributed by atoms with E-state index in [1.807, 2.05) is 30.3 Å². The van der Waals surface area contributed by atoms with Crippen LogP contribution in [0.25, 0.3) is 11.2 Å². The van der Waals surface area contributed by atoms with E-state index in [4.69, 9.17) is 4.74 Å². The first-order valence-corrected chi connectivity index (χ1v) is 9.49. The highest BCUT2D eigenvalue weighted by atomic mass is 16.5. The number of para-hydroxylation sites is 2. The molecule has 158 valence electrons. The number of ether oxygens (including phenoxy) is 1. The lowest BCUT2D eigenvalue weighted by Crippen LogP contribution is -2.29. The van der Waals surface area contributed by atoms with Crippen LogP contribution < -0.4 is 21.4 Å². The Balaban J connectivity index is 1.66. The van der Waals surface area contributed by atoms with Crippen molar-refractivity contribution in [2.45, 2.75) is 6.54 Å². The molecule has 0 aliphatic carbocycles. The number of nitrogens with zero attached hydrogens (tertiary/aromatic N) is 4. The number of aryl methyl sites for hydroxylation is 1. The number of benzene rings is 2. The molecule has 0 saturated carbocycles. The molecule has 0 bridgehead atoms. The van der Waals surface area contributed by atoms with Crippen molar-refractivity contribution in [2.24, 2.45) is 12.1 Å². The Kier molecular flexibility index (Phi) is 5.52. The average Bonchev–Trinajstić information content (AvgIpc) is 3.13. The molecule has 3 N–H and O–H groups in total. The highest BCUT2D eigenvalue weighted by Crippen LogP contribution is 2.17. The maximum atomic E-state index is 12.5. The molecule has 0 unspecified atom stereocenters. The molecule has 10 nitrogen and oxygen atoms in total. The van der Waals surface area contributed by atoms with Gasteiger partial charge in [-0.15, -0.1) is 0 Å². The summed E-state index contributed by atoms with van der Waals surface area (Å²) in [6.45, 7) is 0.538. The molecule has 2 aromatic heterocycles. The number of imidazole rings is 1. The summed E-state index contributed by atoms with van der Waals surface area (Å²) in [5.74, 6) is 1.03. The maximum Gasteiger partial charge on any atom is 0.329 e. The minimum atomic E-state index is -0.563. The van der Waals surface area contributed by atoms with E-state index in [1.54, 1.807) is 28.8 Å². The van der Waals surface area contributed by atoms with Crippen LogP contribution in [0, 0.1) is 0 Å². The molecule has 0 atom stereocenters. The van der Waals surface area contributed by atoms with Gasteiger partial charge in [0.05, 0.1) is 12.8 Å². The summed E-state index contributed by atoms with van der Waals surface area (Å²) in [5, 5.41) is 14.0. The van der Waals surface area contributed by atoms with E-state index in [0.29, 0.717) is 11.3 Å². The van der Waals surface area contributed by atoms with E-state index in [-0.39, 0.29) is 36.0 Å². The first-order chi connectivity index (χ1) is 15.0. The minimum absolute atomic E-state index is 0.0802. The summed E-state index contributed by atoms with van der Waals surface area (Å²) in [6, 6.07) is 16.0. The van der Waals surface area contributed by atoms with Crippen LogP contribution >= 0.6 is 0 Å². The van der Waals surface area contributed by atoms with Crippen molar-refractivity contribution in [3.05, 3.63) is 81.0 Å². The van der Waals surface area contributed by atoms with Gasteiger partial charge < -0.3 is 9.84 Å². The molecular weight excluding hydrogens is 400 g/mol. The molecule has 0 aliphatic heterocycles. The van der Waals surface area contributed by atoms with Crippen molar-refractivity contribution in [1.82, 2.24) is 19.1 Å². The zero-order valence-electron chi connectivity index (χ0n) is 16.6.